The summed E-state index contributed by atoms with van der Waals surface area (Å²) in [5, 5.41) is 9.04. The van der Waals surface area contributed by atoms with Crippen LogP contribution in [0.1, 0.15) is 22.3 Å². The number of nitrogen functional groups attached to an aromatic ring is 1. The van der Waals surface area contributed by atoms with Gasteiger partial charge in [0.25, 0.3) is 0 Å². The fourth-order valence-electron chi connectivity index (χ4n) is 2.71. The second-order valence-electron chi connectivity index (χ2n) is 5.84. The average molecular weight is 373 g/mol. The first-order valence-electron chi connectivity index (χ1n) is 8.05. The number of hydrogen-bond donors (Lipinski definition) is 2. The summed E-state index contributed by atoms with van der Waals surface area (Å²) in [7, 11) is 0. The monoisotopic (exact) mass is 373 g/mol. The summed E-state index contributed by atoms with van der Waals surface area (Å²) in [5.74, 6) is -1.79. The van der Waals surface area contributed by atoms with E-state index in [4.69, 9.17) is 26.2 Å². The van der Waals surface area contributed by atoms with E-state index in [0.717, 1.165) is 0 Å². The number of hydrogen-bond acceptors (Lipinski definition) is 9. The van der Waals surface area contributed by atoms with Crippen molar-refractivity contribution in [1.29, 1.82) is 5.26 Å². The third-order valence-electron chi connectivity index (χ3n) is 4.01. The Bertz CT molecular complexity index is 901. The minimum absolute atomic E-state index is 0.115. The van der Waals surface area contributed by atoms with E-state index in [0.29, 0.717) is 24.1 Å². The lowest BCUT2D eigenvalue weighted by molar-refractivity contribution is -0.0791. The molecule has 1 fully saturated rings. The predicted octanol–water partition coefficient (Wildman–Crippen LogP) is 1.13. The molecule has 0 saturated carbocycles. The first-order valence-corrected chi connectivity index (χ1v) is 8.05. The molecule has 0 spiro atoms. The van der Waals surface area contributed by atoms with Crippen LogP contribution in [-0.2, 0) is 9.68 Å². The normalized spacial score (nSPS) is 18.7. The van der Waals surface area contributed by atoms with Gasteiger partial charge in [-0.3, -0.25) is 0 Å². The van der Waals surface area contributed by atoms with Crippen LogP contribution in [0.3, 0.4) is 0 Å². The van der Waals surface area contributed by atoms with E-state index < -0.39 is 17.6 Å². The van der Waals surface area contributed by atoms with Crippen LogP contribution in [0.2, 0.25) is 0 Å². The second-order valence-corrected chi connectivity index (χ2v) is 5.84. The van der Waals surface area contributed by atoms with Crippen molar-refractivity contribution < 1.29 is 23.7 Å². The molecule has 140 valence electrons. The van der Waals surface area contributed by atoms with Gasteiger partial charge in [0.1, 0.15) is 11.9 Å². The van der Waals surface area contributed by atoms with Crippen molar-refractivity contribution in [2.45, 2.75) is 18.6 Å². The zero-order chi connectivity index (χ0) is 19.4. The number of ether oxygens (including phenoxy) is 2. The van der Waals surface area contributed by atoms with Gasteiger partial charge in [0.2, 0.25) is 5.88 Å². The summed E-state index contributed by atoms with van der Waals surface area (Å²) in [6.07, 6.45) is -0.154. The maximum Gasteiger partial charge on any atom is 0.388 e. The molecule has 9 nitrogen and oxygen atoms in total. The molecule has 1 aliphatic rings. The van der Waals surface area contributed by atoms with E-state index in [-0.39, 0.29) is 30.2 Å². The number of aromatic nitrogens is 2. The fourth-order valence-corrected chi connectivity index (χ4v) is 2.71. The molecule has 0 bridgehead atoms. The lowest BCUT2D eigenvalue weighted by atomic mass is 10.1. The lowest BCUT2D eigenvalue weighted by Crippen LogP contribution is -2.22. The lowest BCUT2D eigenvalue weighted by Gasteiger charge is -2.15. The van der Waals surface area contributed by atoms with Gasteiger partial charge in [-0.05, 0) is 12.1 Å². The van der Waals surface area contributed by atoms with Crippen LogP contribution in [0, 0.1) is 11.3 Å². The van der Waals surface area contributed by atoms with Gasteiger partial charge in [0.05, 0.1) is 24.3 Å². The van der Waals surface area contributed by atoms with Crippen LogP contribution in [0.25, 0.3) is 11.4 Å². The van der Waals surface area contributed by atoms with Crippen LogP contribution in [-0.4, -0.2) is 41.3 Å². The molecular weight excluding hydrogens is 357 g/mol. The number of anilines is 1. The van der Waals surface area contributed by atoms with Crippen molar-refractivity contribution >= 4 is 11.8 Å². The highest BCUT2D eigenvalue weighted by Crippen LogP contribution is 2.29. The molecule has 0 radical (unpaired) electrons. The van der Waals surface area contributed by atoms with Crippen molar-refractivity contribution in [2.24, 2.45) is 5.73 Å². The van der Waals surface area contributed by atoms with Crippen molar-refractivity contribution in [2.75, 3.05) is 18.9 Å². The Kier molecular flexibility index (Phi) is 5.44. The van der Waals surface area contributed by atoms with Gasteiger partial charge in [-0.2, -0.15) is 10.2 Å². The van der Waals surface area contributed by atoms with Crippen LogP contribution in [0.4, 0.5) is 10.3 Å². The van der Waals surface area contributed by atoms with Crippen LogP contribution in [0.5, 0.6) is 5.88 Å². The third kappa shape index (κ3) is 3.94. The third-order valence-corrected chi connectivity index (χ3v) is 4.01. The summed E-state index contributed by atoms with van der Waals surface area (Å²) in [6, 6.07) is 8.48. The number of carbonyl (C=O) groups is 1. The highest BCUT2D eigenvalue weighted by Gasteiger charge is 2.30. The zero-order valence-electron chi connectivity index (χ0n) is 14.1. The van der Waals surface area contributed by atoms with Gasteiger partial charge in [0.15, 0.2) is 11.4 Å². The Morgan fingerprint density at radius 1 is 1.44 bits per heavy atom. The van der Waals surface area contributed by atoms with Crippen LogP contribution in [0.15, 0.2) is 24.3 Å². The number of nitrogens with two attached hydrogens (primary N) is 2. The number of nitriles is 1. The summed E-state index contributed by atoms with van der Waals surface area (Å²) in [6.45, 7) is 0.548. The van der Waals surface area contributed by atoms with Gasteiger partial charge in [-0.25, -0.2) is 14.7 Å². The van der Waals surface area contributed by atoms with Crippen molar-refractivity contribution in [3.05, 3.63) is 35.4 Å². The maximum atomic E-state index is 12.5. The van der Waals surface area contributed by atoms with Gasteiger partial charge in [-0.1, -0.05) is 12.1 Å². The molecule has 2 heterocycles. The summed E-state index contributed by atoms with van der Waals surface area (Å²) >= 11 is 0. The minimum Gasteiger partial charge on any atom is -0.471 e. The number of rotatable bonds is 5. The highest BCUT2D eigenvalue weighted by molar-refractivity contribution is 5.96. The molecule has 2 atom stereocenters. The fraction of sp³-hybridized carbons (Fsp3) is 0.294. The SMILES string of the molecule is N#Cc1cccc(-c2nc(N)c(C(=O)OF)c(OC3COC(CN)C3)n2)c1. The topological polar surface area (TPSA) is 146 Å². The molecule has 10 heteroatoms. The summed E-state index contributed by atoms with van der Waals surface area (Å²) in [5.41, 5.74) is 11.8. The molecule has 0 amide bonds. The van der Waals surface area contributed by atoms with Gasteiger partial charge in [-0.15, -0.1) is 0 Å². The number of nitrogens with zero attached hydrogens (tertiary/aromatic N) is 3. The molecule has 1 aromatic carbocycles. The predicted molar refractivity (Wildman–Crippen MR) is 90.9 cm³/mol. The Labute approximate surface area is 153 Å². The molecule has 1 aliphatic heterocycles. The molecule has 4 N–H and O–H groups in total. The van der Waals surface area contributed by atoms with E-state index >= 15 is 0 Å². The van der Waals surface area contributed by atoms with Crippen LogP contribution < -0.4 is 16.2 Å². The first-order chi connectivity index (χ1) is 13.0. The molecule has 3 rings (SSSR count). The molecule has 2 unspecified atom stereocenters. The van der Waals surface area contributed by atoms with Crippen molar-refractivity contribution in [3.63, 3.8) is 0 Å². The average Bonchev–Trinajstić information content (AvgIpc) is 3.14. The standard InChI is InChI=1S/C17H16FN5O4/c18-27-17(24)13-14(21)22-15(10-3-1-2-9(4-10)6-19)23-16(13)26-12-5-11(7-20)25-8-12/h1-4,11-12H,5,7-8,20H2,(H2,21,22,23). The Morgan fingerprint density at radius 3 is 2.93 bits per heavy atom. The number of carbonyl (C=O) groups excluding carboxylic acids is 1. The number of benzene rings is 1. The molecule has 1 saturated heterocycles. The Hall–Kier alpha value is -3.29. The smallest absolute Gasteiger partial charge is 0.388 e. The Morgan fingerprint density at radius 2 is 2.26 bits per heavy atom. The second kappa shape index (κ2) is 7.94. The van der Waals surface area contributed by atoms with Crippen molar-refractivity contribution in [3.8, 4) is 23.3 Å². The first kappa shape index (κ1) is 18.5. The van der Waals surface area contributed by atoms with E-state index in [9.17, 15) is 9.32 Å². The molecular formula is C17H16FN5O4. The van der Waals surface area contributed by atoms with E-state index in [1.54, 1.807) is 24.3 Å². The zero-order valence-corrected chi connectivity index (χ0v) is 14.1. The largest absolute Gasteiger partial charge is 0.471 e. The minimum atomic E-state index is -1.37. The highest BCUT2D eigenvalue weighted by atomic mass is 19.3. The molecule has 27 heavy (non-hydrogen) atoms. The van der Waals surface area contributed by atoms with Gasteiger partial charge in [0, 0.05) is 23.1 Å². The molecule has 2 aromatic rings. The summed E-state index contributed by atoms with van der Waals surface area (Å²) in [4.78, 5) is 23.2. The van der Waals surface area contributed by atoms with Crippen LogP contribution >= 0.6 is 0 Å². The molecule has 0 aliphatic carbocycles. The maximum absolute atomic E-state index is 12.5. The van der Waals surface area contributed by atoms with Gasteiger partial charge < -0.3 is 20.9 Å². The van der Waals surface area contributed by atoms with Crippen molar-refractivity contribution in [1.82, 2.24) is 9.97 Å². The quantitative estimate of drug-likeness (QED) is 0.787. The number of halogens is 1. The van der Waals surface area contributed by atoms with E-state index in [1.165, 1.54) is 0 Å². The van der Waals surface area contributed by atoms with Gasteiger partial charge >= 0.3 is 5.97 Å². The molecule has 1 aromatic heterocycles. The summed E-state index contributed by atoms with van der Waals surface area (Å²) < 4.78 is 23.6. The Balaban J connectivity index is 2.01. The van der Waals surface area contributed by atoms with E-state index in [1.807, 2.05) is 6.07 Å². The van der Waals surface area contributed by atoms with E-state index in [2.05, 4.69) is 14.9 Å².